The highest BCUT2D eigenvalue weighted by Crippen LogP contribution is 2.29. The Morgan fingerprint density at radius 1 is 1.21 bits per heavy atom. The van der Waals surface area contributed by atoms with Gasteiger partial charge in [0.25, 0.3) is 11.7 Å². The number of rotatable bonds is 6. The van der Waals surface area contributed by atoms with Crippen LogP contribution >= 0.6 is 0 Å². The molecule has 2 rings (SSSR count). The fourth-order valence-corrected chi connectivity index (χ4v) is 2.14. The topological polar surface area (TPSA) is 46.6 Å². The van der Waals surface area contributed by atoms with E-state index in [0.29, 0.717) is 31.0 Å². The lowest BCUT2D eigenvalue weighted by Crippen LogP contribution is -2.32. The van der Waals surface area contributed by atoms with Crippen LogP contribution in [0.4, 0.5) is 5.69 Å². The summed E-state index contributed by atoms with van der Waals surface area (Å²) < 4.78 is 5.45. The molecule has 0 saturated heterocycles. The molecule has 19 heavy (non-hydrogen) atoms. The Morgan fingerprint density at radius 3 is 2.74 bits per heavy atom. The van der Waals surface area contributed by atoms with Crippen LogP contribution in [0.3, 0.4) is 0 Å². The minimum absolute atomic E-state index is 0.410. The van der Waals surface area contributed by atoms with Gasteiger partial charge in [0.2, 0.25) is 0 Å². The average molecular weight is 261 g/mol. The summed E-state index contributed by atoms with van der Waals surface area (Å²) >= 11 is 0. The number of aryl methyl sites for hydroxylation is 1. The van der Waals surface area contributed by atoms with E-state index < -0.39 is 11.7 Å². The van der Waals surface area contributed by atoms with E-state index in [0.717, 1.165) is 18.4 Å². The fraction of sp³-hybridized carbons (Fsp3) is 0.467. The van der Waals surface area contributed by atoms with E-state index in [9.17, 15) is 9.59 Å². The van der Waals surface area contributed by atoms with Crippen LogP contribution in [0.5, 0.6) is 0 Å². The van der Waals surface area contributed by atoms with Crippen molar-refractivity contribution < 1.29 is 14.3 Å². The molecular formula is C15H19NO3. The van der Waals surface area contributed by atoms with Gasteiger partial charge in [-0.15, -0.1) is 0 Å². The van der Waals surface area contributed by atoms with E-state index >= 15 is 0 Å². The number of carbonyl (C=O) groups is 2. The van der Waals surface area contributed by atoms with Crippen LogP contribution in [-0.2, 0) is 9.53 Å². The van der Waals surface area contributed by atoms with Gasteiger partial charge >= 0.3 is 0 Å². The molecule has 0 unspecified atom stereocenters. The Morgan fingerprint density at radius 2 is 2.00 bits per heavy atom. The number of benzene rings is 1. The lowest BCUT2D eigenvalue weighted by Gasteiger charge is -2.16. The molecule has 0 N–H and O–H groups in total. The standard InChI is InChI=1S/C15H19NO3/c1-3-4-8-19-9-7-16-13-6-5-11(2)10-12(13)14(17)15(16)18/h5-6,10H,3-4,7-9H2,1-2H3. The quantitative estimate of drug-likeness (QED) is 0.583. The first-order valence-corrected chi connectivity index (χ1v) is 6.69. The lowest BCUT2D eigenvalue weighted by atomic mass is 10.1. The van der Waals surface area contributed by atoms with Crippen molar-refractivity contribution in [3.05, 3.63) is 29.3 Å². The van der Waals surface area contributed by atoms with Crippen LogP contribution in [0.2, 0.25) is 0 Å². The molecule has 1 aliphatic rings. The molecule has 1 aromatic rings. The molecule has 0 aromatic heterocycles. The third-order valence-electron chi connectivity index (χ3n) is 3.23. The molecule has 0 aliphatic carbocycles. The van der Waals surface area contributed by atoms with Crippen molar-refractivity contribution in [3.63, 3.8) is 0 Å². The molecule has 0 spiro atoms. The number of hydrogen-bond donors (Lipinski definition) is 0. The van der Waals surface area contributed by atoms with Gasteiger partial charge in [-0.2, -0.15) is 0 Å². The Bertz CT molecular complexity index is 496. The van der Waals surface area contributed by atoms with Crippen LogP contribution < -0.4 is 4.90 Å². The highest BCUT2D eigenvalue weighted by Gasteiger charge is 2.35. The summed E-state index contributed by atoms with van der Waals surface area (Å²) in [4.78, 5) is 25.3. The number of anilines is 1. The van der Waals surface area contributed by atoms with Crippen LogP contribution in [0.25, 0.3) is 0 Å². The third-order valence-corrected chi connectivity index (χ3v) is 3.23. The minimum atomic E-state index is -0.445. The summed E-state index contributed by atoms with van der Waals surface area (Å²) in [7, 11) is 0. The zero-order valence-electron chi connectivity index (χ0n) is 11.4. The molecule has 0 fully saturated rings. The first-order chi connectivity index (χ1) is 9.15. The Hall–Kier alpha value is -1.68. The molecule has 4 nitrogen and oxygen atoms in total. The summed E-state index contributed by atoms with van der Waals surface area (Å²) in [5, 5.41) is 0. The van der Waals surface area contributed by atoms with Gasteiger partial charge < -0.3 is 9.64 Å². The number of ether oxygens (including phenoxy) is 1. The van der Waals surface area contributed by atoms with E-state index in [1.165, 1.54) is 4.90 Å². The van der Waals surface area contributed by atoms with Gasteiger partial charge in [0.05, 0.1) is 17.9 Å². The van der Waals surface area contributed by atoms with E-state index in [4.69, 9.17) is 4.74 Å². The highest BCUT2D eigenvalue weighted by molar-refractivity contribution is 6.52. The predicted octanol–water partition coefficient (Wildman–Crippen LogP) is 2.34. The van der Waals surface area contributed by atoms with E-state index in [2.05, 4.69) is 6.92 Å². The molecular weight excluding hydrogens is 242 g/mol. The molecule has 1 amide bonds. The monoisotopic (exact) mass is 261 g/mol. The number of Topliss-reactive ketones (excluding diaryl/α,β-unsaturated/α-hetero) is 1. The molecule has 1 aliphatic heterocycles. The number of carbonyl (C=O) groups excluding carboxylic acids is 2. The zero-order valence-corrected chi connectivity index (χ0v) is 11.4. The molecule has 4 heteroatoms. The van der Waals surface area contributed by atoms with Crippen LogP contribution in [0, 0.1) is 6.92 Å². The van der Waals surface area contributed by atoms with Crippen molar-refractivity contribution in [2.24, 2.45) is 0 Å². The van der Waals surface area contributed by atoms with Crippen LogP contribution in [0.1, 0.15) is 35.7 Å². The van der Waals surface area contributed by atoms with Gasteiger partial charge in [-0.25, -0.2) is 0 Å². The SMILES string of the molecule is CCCCOCCN1C(=O)C(=O)c2cc(C)ccc21. The maximum absolute atomic E-state index is 11.9. The maximum atomic E-state index is 11.9. The summed E-state index contributed by atoms with van der Waals surface area (Å²) in [6, 6.07) is 5.52. The second-order valence-corrected chi connectivity index (χ2v) is 4.77. The molecule has 0 radical (unpaired) electrons. The summed E-state index contributed by atoms with van der Waals surface area (Å²) in [6.07, 6.45) is 2.10. The number of hydrogen-bond acceptors (Lipinski definition) is 3. The number of amides is 1. The zero-order chi connectivity index (χ0) is 13.8. The van der Waals surface area contributed by atoms with Gasteiger partial charge in [-0.05, 0) is 25.5 Å². The molecule has 0 saturated carbocycles. The van der Waals surface area contributed by atoms with Gasteiger partial charge in [0, 0.05) is 13.2 Å². The van der Waals surface area contributed by atoms with Gasteiger partial charge in [-0.1, -0.05) is 25.0 Å². The second-order valence-electron chi connectivity index (χ2n) is 4.77. The average Bonchev–Trinajstić information content (AvgIpc) is 2.63. The number of nitrogens with zero attached hydrogens (tertiary/aromatic N) is 1. The Balaban J connectivity index is 2.02. The highest BCUT2D eigenvalue weighted by atomic mass is 16.5. The van der Waals surface area contributed by atoms with Crippen molar-refractivity contribution in [3.8, 4) is 0 Å². The lowest BCUT2D eigenvalue weighted by molar-refractivity contribution is -0.114. The minimum Gasteiger partial charge on any atom is -0.380 e. The second kappa shape index (κ2) is 5.97. The van der Waals surface area contributed by atoms with E-state index in [1.54, 1.807) is 6.07 Å². The third kappa shape index (κ3) is 2.84. The maximum Gasteiger partial charge on any atom is 0.299 e. The first kappa shape index (κ1) is 13.7. The molecule has 0 bridgehead atoms. The van der Waals surface area contributed by atoms with Gasteiger partial charge in [0.15, 0.2) is 0 Å². The normalized spacial score (nSPS) is 14.1. The van der Waals surface area contributed by atoms with Crippen molar-refractivity contribution in [1.82, 2.24) is 0 Å². The van der Waals surface area contributed by atoms with Gasteiger partial charge in [-0.3, -0.25) is 9.59 Å². The Kier molecular flexibility index (Phi) is 4.32. The summed E-state index contributed by atoms with van der Waals surface area (Å²) in [5.74, 6) is -0.855. The Labute approximate surface area is 113 Å². The smallest absolute Gasteiger partial charge is 0.299 e. The van der Waals surface area contributed by atoms with Crippen molar-refractivity contribution in [2.75, 3.05) is 24.7 Å². The van der Waals surface area contributed by atoms with Gasteiger partial charge in [0.1, 0.15) is 0 Å². The largest absolute Gasteiger partial charge is 0.380 e. The molecule has 1 heterocycles. The molecule has 102 valence electrons. The molecule has 0 atom stereocenters. The molecule has 1 aromatic carbocycles. The van der Waals surface area contributed by atoms with E-state index in [-0.39, 0.29) is 0 Å². The first-order valence-electron chi connectivity index (χ1n) is 6.69. The number of unbranched alkanes of at least 4 members (excludes halogenated alkanes) is 1. The van der Waals surface area contributed by atoms with Crippen molar-refractivity contribution in [2.45, 2.75) is 26.7 Å². The van der Waals surface area contributed by atoms with E-state index in [1.807, 2.05) is 19.1 Å². The predicted molar refractivity (Wildman–Crippen MR) is 73.6 cm³/mol. The summed E-state index contributed by atoms with van der Waals surface area (Å²) in [5.41, 5.74) is 2.21. The fourth-order valence-electron chi connectivity index (χ4n) is 2.14. The summed E-state index contributed by atoms with van der Waals surface area (Å²) in [6.45, 7) is 5.61. The number of ketones is 1. The number of fused-ring (bicyclic) bond motifs is 1. The van der Waals surface area contributed by atoms with Crippen molar-refractivity contribution >= 4 is 17.4 Å². The van der Waals surface area contributed by atoms with Crippen molar-refractivity contribution in [1.29, 1.82) is 0 Å². The van der Waals surface area contributed by atoms with Crippen LogP contribution in [-0.4, -0.2) is 31.4 Å². The van der Waals surface area contributed by atoms with Crippen LogP contribution in [0.15, 0.2) is 18.2 Å².